The van der Waals surface area contributed by atoms with E-state index in [1.165, 1.54) is 6.08 Å². The zero-order chi connectivity index (χ0) is 12.3. The van der Waals surface area contributed by atoms with Gasteiger partial charge in [-0.15, -0.1) is 0 Å². The number of nitrogens with one attached hydrogen (secondary N) is 1. The van der Waals surface area contributed by atoms with Crippen LogP contribution in [0.5, 0.6) is 0 Å². The fraction of sp³-hybridized carbons (Fsp3) is 0.231. The minimum atomic E-state index is -0.355. The van der Waals surface area contributed by atoms with E-state index >= 15 is 0 Å². The Morgan fingerprint density at radius 2 is 2.00 bits per heavy atom. The maximum Gasteiger partial charge on any atom is 0.258 e. The molecule has 4 heteroatoms. The normalized spacial score (nSPS) is 14.8. The highest BCUT2D eigenvalue weighted by Crippen LogP contribution is 2.22. The highest BCUT2D eigenvalue weighted by Gasteiger charge is 2.23. The lowest BCUT2D eigenvalue weighted by Gasteiger charge is -2.08. The lowest BCUT2D eigenvalue weighted by atomic mass is 9.98. The molecule has 4 nitrogen and oxygen atoms in total. The van der Waals surface area contributed by atoms with Crippen LogP contribution in [0.3, 0.4) is 0 Å². The number of amides is 2. The van der Waals surface area contributed by atoms with E-state index in [0.29, 0.717) is 18.6 Å². The van der Waals surface area contributed by atoms with Gasteiger partial charge in [-0.1, -0.05) is 24.3 Å². The molecule has 1 aliphatic heterocycles. The van der Waals surface area contributed by atoms with Crippen molar-refractivity contribution in [1.29, 1.82) is 0 Å². The molecule has 1 aliphatic rings. The Kier molecular flexibility index (Phi) is 3.35. The van der Waals surface area contributed by atoms with Gasteiger partial charge in [-0.05, 0) is 17.5 Å². The topological polar surface area (TPSA) is 55.4 Å². The first-order chi connectivity index (χ1) is 8.22. The first-order valence-corrected chi connectivity index (χ1v) is 5.36. The second-order valence-electron chi connectivity index (χ2n) is 3.78. The highest BCUT2D eigenvalue weighted by molar-refractivity contribution is 6.33. The van der Waals surface area contributed by atoms with Crippen LogP contribution in [0.1, 0.15) is 11.1 Å². The summed E-state index contributed by atoms with van der Waals surface area (Å²) in [7, 11) is 1.63. The lowest BCUT2D eigenvalue weighted by molar-refractivity contribution is -0.123. The molecular weight excluding hydrogens is 218 g/mol. The van der Waals surface area contributed by atoms with Crippen molar-refractivity contribution in [2.75, 3.05) is 13.7 Å². The monoisotopic (exact) mass is 231 g/mol. The van der Waals surface area contributed by atoms with Gasteiger partial charge < -0.3 is 4.74 Å². The molecule has 0 fully saturated rings. The van der Waals surface area contributed by atoms with Gasteiger partial charge in [0.1, 0.15) is 0 Å². The van der Waals surface area contributed by atoms with E-state index in [9.17, 15) is 9.59 Å². The average Bonchev–Trinajstić information content (AvgIpc) is 2.66. The molecule has 2 amide bonds. The standard InChI is InChI=1S/C13H13NO3/c1-17-7-6-9-4-2-3-5-10(9)11-8-12(15)14-13(11)16/h2-5,8H,6-7H2,1H3,(H,14,15,16). The predicted molar refractivity (Wildman–Crippen MR) is 63.1 cm³/mol. The minimum absolute atomic E-state index is 0.333. The number of benzene rings is 1. The summed E-state index contributed by atoms with van der Waals surface area (Å²) < 4.78 is 5.02. The number of hydrogen-bond acceptors (Lipinski definition) is 3. The van der Waals surface area contributed by atoms with Gasteiger partial charge in [-0.2, -0.15) is 0 Å². The molecule has 1 heterocycles. The first-order valence-electron chi connectivity index (χ1n) is 5.36. The van der Waals surface area contributed by atoms with Crippen molar-refractivity contribution in [2.24, 2.45) is 0 Å². The maximum absolute atomic E-state index is 11.6. The Morgan fingerprint density at radius 1 is 1.24 bits per heavy atom. The van der Waals surface area contributed by atoms with Crippen LogP contribution in [0.25, 0.3) is 5.57 Å². The van der Waals surface area contributed by atoms with Crippen LogP contribution in [-0.4, -0.2) is 25.5 Å². The smallest absolute Gasteiger partial charge is 0.258 e. The van der Waals surface area contributed by atoms with E-state index in [1.807, 2.05) is 24.3 Å². The molecule has 1 aromatic rings. The second kappa shape index (κ2) is 4.93. The third-order valence-corrected chi connectivity index (χ3v) is 2.64. The lowest BCUT2D eigenvalue weighted by Crippen LogP contribution is -2.22. The van der Waals surface area contributed by atoms with Crippen LogP contribution < -0.4 is 5.32 Å². The molecule has 0 unspecified atom stereocenters. The Labute approximate surface area is 99.3 Å². The van der Waals surface area contributed by atoms with Crippen molar-refractivity contribution < 1.29 is 14.3 Å². The third-order valence-electron chi connectivity index (χ3n) is 2.64. The molecule has 2 rings (SSSR count). The molecule has 0 saturated carbocycles. The molecule has 17 heavy (non-hydrogen) atoms. The van der Waals surface area contributed by atoms with Crippen molar-refractivity contribution in [3.05, 3.63) is 41.5 Å². The molecule has 88 valence electrons. The number of carbonyl (C=O) groups is 2. The van der Waals surface area contributed by atoms with Crippen LogP contribution in [0.4, 0.5) is 0 Å². The molecular formula is C13H13NO3. The van der Waals surface area contributed by atoms with Gasteiger partial charge in [0.25, 0.3) is 11.8 Å². The molecule has 0 saturated heterocycles. The largest absolute Gasteiger partial charge is 0.384 e. The zero-order valence-corrected chi connectivity index (χ0v) is 9.53. The summed E-state index contributed by atoms with van der Waals surface area (Å²) in [5.74, 6) is -0.689. The van der Waals surface area contributed by atoms with Crippen LogP contribution in [0.15, 0.2) is 30.3 Å². The molecule has 0 bridgehead atoms. The Hall–Kier alpha value is -1.94. The minimum Gasteiger partial charge on any atom is -0.384 e. The quantitative estimate of drug-likeness (QED) is 0.784. The summed E-state index contributed by atoms with van der Waals surface area (Å²) in [6.45, 7) is 0.583. The number of ether oxygens (including phenoxy) is 1. The molecule has 0 aromatic heterocycles. The average molecular weight is 231 g/mol. The number of hydrogen-bond donors (Lipinski definition) is 1. The molecule has 1 aromatic carbocycles. The summed E-state index contributed by atoms with van der Waals surface area (Å²) in [5.41, 5.74) is 2.24. The van der Waals surface area contributed by atoms with E-state index in [0.717, 1.165) is 11.1 Å². The molecule has 0 spiro atoms. The third kappa shape index (κ3) is 2.42. The first kappa shape index (κ1) is 11.5. The van der Waals surface area contributed by atoms with Gasteiger partial charge in [0.2, 0.25) is 0 Å². The van der Waals surface area contributed by atoms with E-state index in [-0.39, 0.29) is 11.8 Å². The maximum atomic E-state index is 11.6. The van der Waals surface area contributed by atoms with Gasteiger partial charge in [-0.25, -0.2) is 0 Å². The number of carbonyl (C=O) groups excluding carboxylic acids is 2. The molecule has 1 N–H and O–H groups in total. The van der Waals surface area contributed by atoms with Crippen molar-refractivity contribution in [3.63, 3.8) is 0 Å². The van der Waals surface area contributed by atoms with Gasteiger partial charge in [-0.3, -0.25) is 14.9 Å². The summed E-state index contributed by atoms with van der Waals surface area (Å²) in [6, 6.07) is 7.53. The van der Waals surface area contributed by atoms with Crippen molar-refractivity contribution in [1.82, 2.24) is 5.32 Å². The summed E-state index contributed by atoms with van der Waals surface area (Å²) in [6.07, 6.45) is 2.06. The van der Waals surface area contributed by atoms with E-state index in [2.05, 4.69) is 5.32 Å². The number of rotatable bonds is 4. The zero-order valence-electron chi connectivity index (χ0n) is 9.53. The SMILES string of the molecule is COCCc1ccccc1C1=CC(=O)NC1=O. The highest BCUT2D eigenvalue weighted by atomic mass is 16.5. The van der Waals surface area contributed by atoms with E-state index in [4.69, 9.17) is 4.74 Å². The number of methoxy groups -OCH3 is 1. The predicted octanol–water partition coefficient (Wildman–Crippen LogP) is 0.915. The van der Waals surface area contributed by atoms with E-state index in [1.54, 1.807) is 7.11 Å². The van der Waals surface area contributed by atoms with Crippen molar-refractivity contribution in [2.45, 2.75) is 6.42 Å². The fourth-order valence-corrected chi connectivity index (χ4v) is 1.83. The second-order valence-corrected chi connectivity index (χ2v) is 3.78. The van der Waals surface area contributed by atoms with Gasteiger partial charge in [0, 0.05) is 13.2 Å². The number of imide groups is 1. The molecule has 0 radical (unpaired) electrons. The van der Waals surface area contributed by atoms with E-state index < -0.39 is 0 Å². The van der Waals surface area contributed by atoms with Crippen molar-refractivity contribution >= 4 is 17.4 Å². The Morgan fingerprint density at radius 3 is 2.65 bits per heavy atom. The summed E-state index contributed by atoms with van der Waals surface area (Å²) >= 11 is 0. The summed E-state index contributed by atoms with van der Waals surface area (Å²) in [4.78, 5) is 22.7. The van der Waals surface area contributed by atoms with Crippen LogP contribution >= 0.6 is 0 Å². The Bertz CT molecular complexity index is 491. The fourth-order valence-electron chi connectivity index (χ4n) is 1.83. The van der Waals surface area contributed by atoms with Gasteiger partial charge >= 0.3 is 0 Å². The van der Waals surface area contributed by atoms with Crippen LogP contribution in [-0.2, 0) is 20.7 Å². The van der Waals surface area contributed by atoms with Gasteiger partial charge in [0.05, 0.1) is 12.2 Å². The van der Waals surface area contributed by atoms with Crippen LogP contribution in [0, 0.1) is 0 Å². The molecule has 0 atom stereocenters. The van der Waals surface area contributed by atoms with Crippen LogP contribution in [0.2, 0.25) is 0 Å². The van der Waals surface area contributed by atoms with Gasteiger partial charge in [0.15, 0.2) is 0 Å². The Balaban J connectivity index is 2.35. The van der Waals surface area contributed by atoms with Crippen molar-refractivity contribution in [3.8, 4) is 0 Å². The summed E-state index contributed by atoms with van der Waals surface area (Å²) in [5, 5.41) is 2.25. The molecule has 0 aliphatic carbocycles.